The molecule has 1 unspecified atom stereocenters. The Labute approximate surface area is 107 Å². The molecule has 0 aliphatic carbocycles. The van der Waals surface area contributed by atoms with Crippen LogP contribution in [-0.4, -0.2) is 30.4 Å². The first-order chi connectivity index (χ1) is 8.80. The summed E-state index contributed by atoms with van der Waals surface area (Å²) in [6.45, 7) is 1.30. The van der Waals surface area contributed by atoms with Crippen LogP contribution in [0.3, 0.4) is 0 Å². The lowest BCUT2D eigenvalue weighted by Crippen LogP contribution is -2.22. The van der Waals surface area contributed by atoms with E-state index in [9.17, 15) is 18.0 Å². The zero-order chi connectivity index (χ0) is 14.5. The van der Waals surface area contributed by atoms with Crippen molar-refractivity contribution < 1.29 is 32.5 Å². The molecule has 0 heterocycles. The van der Waals surface area contributed by atoms with Crippen LogP contribution in [0, 0.1) is 0 Å². The summed E-state index contributed by atoms with van der Waals surface area (Å²) in [6, 6.07) is 4.44. The van der Waals surface area contributed by atoms with Gasteiger partial charge in [-0.05, 0) is 25.1 Å². The number of carboxylic acid groups (broad SMARTS) is 1. The maximum Gasteiger partial charge on any atom is 0.416 e. The van der Waals surface area contributed by atoms with Crippen molar-refractivity contribution in [2.24, 2.45) is 0 Å². The SMILES string of the molecule is CC(OCCOc1cccc(C(F)(F)F)c1)C(=O)O. The fourth-order valence-electron chi connectivity index (χ4n) is 1.22. The lowest BCUT2D eigenvalue weighted by atomic mass is 10.2. The van der Waals surface area contributed by atoms with Gasteiger partial charge in [0.1, 0.15) is 12.4 Å². The molecule has 0 radical (unpaired) electrons. The Kier molecular flexibility index (Phi) is 5.17. The third-order valence-corrected chi connectivity index (χ3v) is 2.23. The summed E-state index contributed by atoms with van der Waals surface area (Å²) >= 11 is 0. The Morgan fingerprint density at radius 3 is 2.63 bits per heavy atom. The molecule has 7 heteroatoms. The molecule has 0 amide bonds. The minimum absolute atomic E-state index is 0.0241. The van der Waals surface area contributed by atoms with Gasteiger partial charge >= 0.3 is 12.1 Å². The van der Waals surface area contributed by atoms with E-state index >= 15 is 0 Å². The molecule has 1 N–H and O–H groups in total. The molecule has 0 spiro atoms. The molecule has 1 rings (SSSR count). The van der Waals surface area contributed by atoms with Crippen LogP contribution in [-0.2, 0) is 15.7 Å². The minimum Gasteiger partial charge on any atom is -0.491 e. The highest BCUT2D eigenvalue weighted by Gasteiger charge is 2.30. The van der Waals surface area contributed by atoms with Gasteiger partial charge in [-0.15, -0.1) is 0 Å². The van der Waals surface area contributed by atoms with Gasteiger partial charge in [0.05, 0.1) is 12.2 Å². The van der Waals surface area contributed by atoms with Crippen molar-refractivity contribution in [2.75, 3.05) is 13.2 Å². The molecule has 1 atom stereocenters. The van der Waals surface area contributed by atoms with Gasteiger partial charge in [0.2, 0.25) is 0 Å². The highest BCUT2D eigenvalue weighted by Crippen LogP contribution is 2.31. The van der Waals surface area contributed by atoms with Gasteiger partial charge in [-0.1, -0.05) is 6.07 Å². The Morgan fingerprint density at radius 1 is 1.37 bits per heavy atom. The molecule has 1 aromatic carbocycles. The van der Waals surface area contributed by atoms with Crippen molar-refractivity contribution in [3.8, 4) is 5.75 Å². The molecule has 106 valence electrons. The first-order valence-corrected chi connectivity index (χ1v) is 5.45. The van der Waals surface area contributed by atoms with E-state index in [0.29, 0.717) is 0 Å². The summed E-state index contributed by atoms with van der Waals surface area (Å²) in [5.74, 6) is -1.06. The van der Waals surface area contributed by atoms with Gasteiger partial charge in [-0.3, -0.25) is 0 Å². The number of carbonyl (C=O) groups is 1. The second kappa shape index (κ2) is 6.42. The molecule has 0 bridgehead atoms. The van der Waals surface area contributed by atoms with E-state index in [0.717, 1.165) is 12.1 Å². The molecule has 19 heavy (non-hydrogen) atoms. The van der Waals surface area contributed by atoms with Crippen LogP contribution in [0.4, 0.5) is 13.2 Å². The van der Waals surface area contributed by atoms with Crippen LogP contribution in [0.25, 0.3) is 0 Å². The van der Waals surface area contributed by atoms with Gasteiger partial charge in [0.25, 0.3) is 0 Å². The first kappa shape index (κ1) is 15.3. The summed E-state index contributed by atoms with van der Waals surface area (Å²) in [4.78, 5) is 10.4. The Morgan fingerprint density at radius 2 is 2.05 bits per heavy atom. The van der Waals surface area contributed by atoms with E-state index in [1.165, 1.54) is 19.1 Å². The molecule has 0 aromatic heterocycles. The lowest BCUT2D eigenvalue weighted by molar-refractivity contribution is -0.149. The topological polar surface area (TPSA) is 55.8 Å². The zero-order valence-corrected chi connectivity index (χ0v) is 10.1. The monoisotopic (exact) mass is 278 g/mol. The number of halogens is 3. The van der Waals surface area contributed by atoms with Gasteiger partial charge in [0.15, 0.2) is 6.10 Å². The predicted molar refractivity (Wildman–Crippen MR) is 60.0 cm³/mol. The maximum absolute atomic E-state index is 12.4. The van der Waals surface area contributed by atoms with E-state index in [1.807, 2.05) is 0 Å². The second-order valence-electron chi connectivity index (χ2n) is 3.73. The van der Waals surface area contributed by atoms with Gasteiger partial charge in [0, 0.05) is 0 Å². The van der Waals surface area contributed by atoms with Gasteiger partial charge < -0.3 is 14.6 Å². The van der Waals surface area contributed by atoms with Crippen molar-refractivity contribution in [1.29, 1.82) is 0 Å². The summed E-state index contributed by atoms with van der Waals surface area (Å²) < 4.78 is 47.1. The standard InChI is InChI=1S/C12H13F3O4/c1-8(11(16)17)18-5-6-19-10-4-2-3-9(7-10)12(13,14)15/h2-4,7-8H,5-6H2,1H3,(H,16,17). The first-order valence-electron chi connectivity index (χ1n) is 5.45. The Balaban J connectivity index is 2.44. The molecule has 4 nitrogen and oxygen atoms in total. The quantitative estimate of drug-likeness (QED) is 0.812. The van der Waals surface area contributed by atoms with Crippen molar-refractivity contribution in [1.82, 2.24) is 0 Å². The van der Waals surface area contributed by atoms with E-state index < -0.39 is 23.8 Å². The number of alkyl halides is 3. The van der Waals surface area contributed by atoms with E-state index in [2.05, 4.69) is 0 Å². The number of hydrogen-bond donors (Lipinski definition) is 1. The lowest BCUT2D eigenvalue weighted by Gasteiger charge is -2.11. The number of ether oxygens (including phenoxy) is 2. The summed E-state index contributed by atoms with van der Waals surface area (Å²) in [6.07, 6.45) is -5.40. The fraction of sp³-hybridized carbons (Fsp3) is 0.417. The summed E-state index contributed by atoms with van der Waals surface area (Å²) in [5.41, 5.74) is -0.801. The molecule has 0 saturated heterocycles. The molecular formula is C12H13F3O4. The van der Waals surface area contributed by atoms with Crippen LogP contribution in [0.2, 0.25) is 0 Å². The van der Waals surface area contributed by atoms with Crippen LogP contribution < -0.4 is 4.74 Å². The molecule has 0 fully saturated rings. The van der Waals surface area contributed by atoms with E-state index in [4.69, 9.17) is 14.6 Å². The van der Waals surface area contributed by atoms with Crippen LogP contribution in [0.15, 0.2) is 24.3 Å². The third-order valence-electron chi connectivity index (χ3n) is 2.23. The predicted octanol–water partition coefficient (Wildman–Crippen LogP) is 2.57. The number of aliphatic carboxylic acids is 1. The van der Waals surface area contributed by atoms with Crippen LogP contribution in [0.5, 0.6) is 5.75 Å². The highest BCUT2D eigenvalue weighted by atomic mass is 19.4. The second-order valence-corrected chi connectivity index (χ2v) is 3.73. The molecule has 0 aliphatic rings. The van der Waals surface area contributed by atoms with Crippen molar-refractivity contribution >= 4 is 5.97 Å². The van der Waals surface area contributed by atoms with Crippen molar-refractivity contribution in [3.05, 3.63) is 29.8 Å². The maximum atomic E-state index is 12.4. The number of hydrogen-bond acceptors (Lipinski definition) is 3. The largest absolute Gasteiger partial charge is 0.491 e. The molecule has 0 aliphatic heterocycles. The average Bonchev–Trinajstić information content (AvgIpc) is 2.33. The van der Waals surface area contributed by atoms with Crippen LogP contribution >= 0.6 is 0 Å². The van der Waals surface area contributed by atoms with E-state index in [1.54, 1.807) is 0 Å². The molecule has 1 aromatic rings. The summed E-state index contributed by atoms with van der Waals surface area (Å²) in [5, 5.41) is 8.53. The Hall–Kier alpha value is -1.76. The normalized spacial score (nSPS) is 13.1. The number of rotatable bonds is 6. The number of carboxylic acids is 1. The fourth-order valence-corrected chi connectivity index (χ4v) is 1.22. The molecular weight excluding hydrogens is 265 g/mol. The zero-order valence-electron chi connectivity index (χ0n) is 10.1. The third kappa shape index (κ3) is 5.17. The molecule has 0 saturated carbocycles. The average molecular weight is 278 g/mol. The van der Waals surface area contributed by atoms with Crippen molar-refractivity contribution in [3.63, 3.8) is 0 Å². The van der Waals surface area contributed by atoms with Gasteiger partial charge in [-0.25, -0.2) is 4.79 Å². The summed E-state index contributed by atoms with van der Waals surface area (Å²) in [7, 11) is 0. The smallest absolute Gasteiger partial charge is 0.416 e. The Bertz CT molecular complexity index is 431. The van der Waals surface area contributed by atoms with Crippen molar-refractivity contribution in [2.45, 2.75) is 19.2 Å². The minimum atomic E-state index is -4.42. The van der Waals surface area contributed by atoms with Crippen LogP contribution in [0.1, 0.15) is 12.5 Å². The van der Waals surface area contributed by atoms with Gasteiger partial charge in [-0.2, -0.15) is 13.2 Å². The van der Waals surface area contributed by atoms with E-state index in [-0.39, 0.29) is 19.0 Å². The number of benzene rings is 1. The highest BCUT2D eigenvalue weighted by molar-refractivity contribution is 5.71.